The molecule has 0 radical (unpaired) electrons. The maximum absolute atomic E-state index is 13.3. The predicted molar refractivity (Wildman–Crippen MR) is 130 cm³/mol. The van der Waals surface area contributed by atoms with E-state index in [1.165, 1.54) is 0 Å². The zero-order valence-corrected chi connectivity index (χ0v) is 20.5. The fraction of sp³-hybridized carbons (Fsp3) is 0.615. The van der Waals surface area contributed by atoms with Gasteiger partial charge in [0.1, 0.15) is 6.07 Å². The van der Waals surface area contributed by atoms with Gasteiger partial charge in [0.2, 0.25) is 11.8 Å². The Hall–Kier alpha value is -2.33. The standard InChI is InChI=1S/C26H35N3O3S/c1-25(2,9-6-10-33(3,32)21-8-5-4-7-18(21)16-27)24(31)29-22-19-11-17-12-20(22)15-26(13-17,14-19)23(28)30/h4-5,7-8,17,19-20,22H,3,6,9-15H2,1-2H3,(H2,28,30)(H,29,31). The zero-order valence-electron chi connectivity index (χ0n) is 19.6. The Balaban J connectivity index is 1.36. The van der Waals surface area contributed by atoms with E-state index in [1.54, 1.807) is 24.3 Å². The second kappa shape index (κ2) is 8.47. The number of benzene rings is 1. The first-order valence-electron chi connectivity index (χ1n) is 11.9. The Kier molecular flexibility index (Phi) is 6.11. The van der Waals surface area contributed by atoms with Gasteiger partial charge < -0.3 is 11.1 Å². The molecule has 1 aromatic rings. The number of carbonyl (C=O) groups excluding carboxylic acids is 2. The molecule has 4 saturated carbocycles. The van der Waals surface area contributed by atoms with Gasteiger partial charge in [0.15, 0.2) is 0 Å². The summed E-state index contributed by atoms with van der Waals surface area (Å²) in [5, 5.41) is 12.7. The number of carbonyl (C=O) groups is 2. The highest BCUT2D eigenvalue weighted by Gasteiger charge is 2.58. The third kappa shape index (κ3) is 4.42. The summed E-state index contributed by atoms with van der Waals surface area (Å²) in [5.41, 5.74) is 5.21. The number of nitrogens with one attached hydrogen (secondary N) is 1. The van der Waals surface area contributed by atoms with Crippen LogP contribution in [0.25, 0.3) is 0 Å². The van der Waals surface area contributed by atoms with Crippen LogP contribution in [0.1, 0.15) is 64.4 Å². The molecule has 4 fully saturated rings. The molecule has 0 aromatic heterocycles. The predicted octanol–water partition coefficient (Wildman–Crippen LogP) is 3.24. The number of nitrogens with two attached hydrogens (primary N) is 1. The van der Waals surface area contributed by atoms with Crippen molar-refractivity contribution in [3.05, 3.63) is 29.8 Å². The maximum atomic E-state index is 13.3. The van der Waals surface area contributed by atoms with Gasteiger partial charge in [0.25, 0.3) is 0 Å². The maximum Gasteiger partial charge on any atom is 0.225 e. The van der Waals surface area contributed by atoms with Gasteiger partial charge in [-0.05, 0) is 90.2 Å². The summed E-state index contributed by atoms with van der Waals surface area (Å²) in [6, 6.07) is 9.09. The van der Waals surface area contributed by atoms with Crippen LogP contribution in [0, 0.1) is 39.9 Å². The lowest BCUT2D eigenvalue weighted by atomic mass is 9.47. The quantitative estimate of drug-likeness (QED) is 0.569. The highest BCUT2D eigenvalue weighted by Crippen LogP contribution is 2.60. The second-order valence-electron chi connectivity index (χ2n) is 11.2. The van der Waals surface area contributed by atoms with Gasteiger partial charge in [-0.1, -0.05) is 26.0 Å². The largest absolute Gasteiger partial charge is 0.369 e. The Morgan fingerprint density at radius 3 is 2.48 bits per heavy atom. The van der Waals surface area contributed by atoms with Crippen molar-refractivity contribution in [3.8, 4) is 6.07 Å². The molecule has 178 valence electrons. The molecular formula is C26H35N3O3S. The normalized spacial score (nSPS) is 32.0. The summed E-state index contributed by atoms with van der Waals surface area (Å²) in [5.74, 6) is 5.30. The van der Waals surface area contributed by atoms with Crippen molar-refractivity contribution in [2.24, 2.45) is 34.3 Å². The molecule has 6 nitrogen and oxygen atoms in total. The van der Waals surface area contributed by atoms with Crippen LogP contribution in [-0.2, 0) is 19.1 Å². The Bertz CT molecular complexity index is 1090. The van der Waals surface area contributed by atoms with Crippen molar-refractivity contribution in [1.29, 1.82) is 5.26 Å². The molecule has 3 unspecified atom stereocenters. The number of hydrogen-bond donors (Lipinski definition) is 2. The lowest BCUT2D eigenvalue weighted by molar-refractivity contribution is -0.148. The summed E-state index contributed by atoms with van der Waals surface area (Å²) in [6.45, 7) is 3.86. The van der Waals surface area contributed by atoms with E-state index in [1.807, 2.05) is 13.8 Å². The molecule has 2 amide bonds. The molecule has 33 heavy (non-hydrogen) atoms. The molecule has 3 N–H and O–H groups in total. The molecule has 5 rings (SSSR count). The van der Waals surface area contributed by atoms with E-state index < -0.39 is 14.9 Å². The number of nitriles is 1. The summed E-state index contributed by atoms with van der Waals surface area (Å²) < 4.78 is 13.2. The molecule has 0 aliphatic heterocycles. The lowest BCUT2D eigenvalue weighted by Crippen LogP contribution is -2.62. The van der Waals surface area contributed by atoms with E-state index in [4.69, 9.17) is 5.73 Å². The highest BCUT2D eigenvalue weighted by molar-refractivity contribution is 8.00. The first kappa shape index (κ1) is 23.8. The van der Waals surface area contributed by atoms with Crippen molar-refractivity contribution < 1.29 is 13.8 Å². The minimum Gasteiger partial charge on any atom is -0.369 e. The summed E-state index contributed by atoms with van der Waals surface area (Å²) in [6.07, 6.45) is 5.80. The number of nitrogens with zero attached hydrogens (tertiary/aromatic N) is 1. The van der Waals surface area contributed by atoms with Gasteiger partial charge >= 0.3 is 0 Å². The topological polar surface area (TPSA) is 113 Å². The van der Waals surface area contributed by atoms with E-state index >= 15 is 0 Å². The van der Waals surface area contributed by atoms with Gasteiger partial charge in [-0.2, -0.15) is 5.26 Å². The molecule has 0 heterocycles. The van der Waals surface area contributed by atoms with Crippen LogP contribution in [-0.4, -0.2) is 33.7 Å². The highest BCUT2D eigenvalue weighted by atomic mass is 32.2. The third-order valence-electron chi connectivity index (χ3n) is 8.39. The van der Waals surface area contributed by atoms with Crippen molar-refractivity contribution in [3.63, 3.8) is 0 Å². The van der Waals surface area contributed by atoms with Gasteiger partial charge in [0.05, 0.1) is 5.56 Å². The Morgan fingerprint density at radius 2 is 1.88 bits per heavy atom. The minimum absolute atomic E-state index is 0.0149. The monoisotopic (exact) mass is 469 g/mol. The van der Waals surface area contributed by atoms with E-state index in [-0.39, 0.29) is 23.3 Å². The van der Waals surface area contributed by atoms with Crippen molar-refractivity contribution >= 4 is 27.2 Å². The molecule has 0 spiro atoms. The van der Waals surface area contributed by atoms with Gasteiger partial charge in [-0.3, -0.25) is 13.8 Å². The van der Waals surface area contributed by atoms with Crippen LogP contribution in [0.5, 0.6) is 0 Å². The fourth-order valence-electron chi connectivity index (χ4n) is 6.76. The smallest absolute Gasteiger partial charge is 0.225 e. The first-order chi connectivity index (χ1) is 15.5. The number of primary amides is 1. The molecule has 4 bridgehead atoms. The second-order valence-corrected chi connectivity index (χ2v) is 13.7. The van der Waals surface area contributed by atoms with Crippen molar-refractivity contribution in [2.45, 2.75) is 69.7 Å². The number of hydrogen-bond acceptors (Lipinski definition) is 4. The fourth-order valence-corrected chi connectivity index (χ4v) is 8.43. The summed E-state index contributed by atoms with van der Waals surface area (Å²) >= 11 is 0. The average molecular weight is 470 g/mol. The molecule has 0 saturated heterocycles. The van der Waals surface area contributed by atoms with Crippen LogP contribution in [0.3, 0.4) is 0 Å². The van der Waals surface area contributed by atoms with E-state index in [2.05, 4.69) is 17.3 Å². The van der Waals surface area contributed by atoms with Crippen LogP contribution in [0.15, 0.2) is 29.2 Å². The van der Waals surface area contributed by atoms with Crippen molar-refractivity contribution in [1.82, 2.24) is 5.32 Å². The average Bonchev–Trinajstić information content (AvgIpc) is 2.75. The molecule has 3 atom stereocenters. The summed E-state index contributed by atoms with van der Waals surface area (Å²) in [7, 11) is -2.60. The van der Waals surface area contributed by atoms with Gasteiger partial charge in [0, 0.05) is 27.5 Å². The Labute approximate surface area is 197 Å². The third-order valence-corrected chi connectivity index (χ3v) is 10.5. The van der Waals surface area contributed by atoms with E-state index in [9.17, 15) is 19.1 Å². The summed E-state index contributed by atoms with van der Waals surface area (Å²) in [4.78, 5) is 25.9. The molecule has 4 aliphatic rings. The van der Waals surface area contributed by atoms with Crippen LogP contribution < -0.4 is 11.1 Å². The number of rotatable bonds is 8. The molecule has 1 aromatic carbocycles. The Morgan fingerprint density at radius 1 is 1.24 bits per heavy atom. The van der Waals surface area contributed by atoms with Crippen LogP contribution in [0.4, 0.5) is 0 Å². The van der Waals surface area contributed by atoms with E-state index in [0.29, 0.717) is 46.8 Å². The zero-order chi connectivity index (χ0) is 24.0. The number of amides is 2. The van der Waals surface area contributed by atoms with E-state index in [0.717, 1.165) is 32.1 Å². The van der Waals surface area contributed by atoms with Gasteiger partial charge in [-0.15, -0.1) is 0 Å². The first-order valence-corrected chi connectivity index (χ1v) is 13.8. The SMILES string of the molecule is C=S(=O)(CCCC(C)(C)C(=O)NC1C2CC3CC1CC(C(N)=O)(C3)C2)c1ccccc1C#N. The molecule has 4 aliphatic carbocycles. The van der Waals surface area contributed by atoms with Crippen LogP contribution in [0.2, 0.25) is 0 Å². The van der Waals surface area contributed by atoms with Crippen LogP contribution >= 0.6 is 0 Å². The molecular weight excluding hydrogens is 434 g/mol. The molecule has 7 heteroatoms. The van der Waals surface area contributed by atoms with Crippen molar-refractivity contribution in [2.75, 3.05) is 5.75 Å². The minimum atomic E-state index is -2.60. The van der Waals surface area contributed by atoms with Gasteiger partial charge in [-0.25, -0.2) is 0 Å². The lowest BCUT2D eigenvalue weighted by Gasteiger charge is -2.59.